The SMILES string of the molecule is O=C1N=C(NC2CCCCC2)C2(CCN(Cc3cccc(B(O)O)c3)CC2)N1c1cccc(F)c1. The number of nitrogens with one attached hydrogen (secondary N) is 1. The topological polar surface area (TPSA) is 88.4 Å². The van der Waals surface area contributed by atoms with E-state index in [-0.39, 0.29) is 11.8 Å². The number of hydrogen-bond donors (Lipinski definition) is 3. The van der Waals surface area contributed by atoms with Gasteiger partial charge in [0.25, 0.3) is 0 Å². The highest BCUT2D eigenvalue weighted by Crippen LogP contribution is 2.39. The predicted octanol–water partition coefficient (Wildman–Crippen LogP) is 2.80. The molecule has 2 aromatic carbocycles. The summed E-state index contributed by atoms with van der Waals surface area (Å²) in [6, 6.07) is 13.5. The van der Waals surface area contributed by atoms with Gasteiger partial charge in [0.05, 0.1) is 0 Å². The zero-order valence-corrected chi connectivity index (χ0v) is 19.9. The molecule has 1 saturated carbocycles. The second kappa shape index (κ2) is 10.1. The van der Waals surface area contributed by atoms with Crippen LogP contribution in [0.3, 0.4) is 0 Å². The van der Waals surface area contributed by atoms with Crippen LogP contribution in [0.5, 0.6) is 0 Å². The van der Waals surface area contributed by atoms with Crippen molar-refractivity contribution in [1.29, 1.82) is 0 Å². The average molecular weight is 478 g/mol. The van der Waals surface area contributed by atoms with Crippen LogP contribution in [0.1, 0.15) is 50.5 Å². The Morgan fingerprint density at radius 3 is 2.51 bits per heavy atom. The Kier molecular flexibility index (Phi) is 6.91. The fourth-order valence-electron chi connectivity index (χ4n) is 5.77. The first-order valence-electron chi connectivity index (χ1n) is 12.6. The van der Waals surface area contributed by atoms with Crippen molar-refractivity contribution in [2.45, 2.75) is 63.1 Å². The number of likely N-dealkylation sites (tertiary alicyclic amines) is 1. The number of amides is 2. The van der Waals surface area contributed by atoms with Crippen LogP contribution in [0.2, 0.25) is 0 Å². The quantitative estimate of drug-likeness (QED) is 0.576. The molecule has 2 fully saturated rings. The van der Waals surface area contributed by atoms with Crippen molar-refractivity contribution < 1.29 is 19.2 Å². The Balaban J connectivity index is 1.38. The van der Waals surface area contributed by atoms with Gasteiger partial charge in [-0.15, -0.1) is 0 Å². The predicted molar refractivity (Wildman–Crippen MR) is 135 cm³/mol. The average Bonchev–Trinajstić information content (AvgIpc) is 3.11. The summed E-state index contributed by atoms with van der Waals surface area (Å²) in [5.41, 5.74) is 1.39. The van der Waals surface area contributed by atoms with Crippen LogP contribution in [-0.4, -0.2) is 58.6 Å². The van der Waals surface area contributed by atoms with Gasteiger partial charge in [0.15, 0.2) is 0 Å². The molecule has 2 aliphatic heterocycles. The molecule has 184 valence electrons. The largest absolute Gasteiger partial charge is 0.488 e. The van der Waals surface area contributed by atoms with E-state index in [1.807, 2.05) is 18.2 Å². The number of nitrogens with zero attached hydrogens (tertiary/aromatic N) is 3. The fraction of sp³-hybridized carbons (Fsp3) is 0.462. The summed E-state index contributed by atoms with van der Waals surface area (Å²) in [6.07, 6.45) is 7.09. The molecule has 1 aliphatic carbocycles. The molecule has 5 rings (SSSR count). The highest BCUT2D eigenvalue weighted by Gasteiger charge is 2.52. The van der Waals surface area contributed by atoms with Crippen LogP contribution in [0, 0.1) is 5.82 Å². The van der Waals surface area contributed by atoms with E-state index in [2.05, 4.69) is 15.2 Å². The normalized spacial score (nSPS) is 20.8. The summed E-state index contributed by atoms with van der Waals surface area (Å²) < 4.78 is 14.1. The number of amidine groups is 1. The maximum atomic E-state index is 14.1. The summed E-state index contributed by atoms with van der Waals surface area (Å²) in [4.78, 5) is 21.7. The Labute approximate surface area is 205 Å². The summed E-state index contributed by atoms with van der Waals surface area (Å²) in [5.74, 6) is 0.353. The molecule has 0 atom stereocenters. The minimum absolute atomic E-state index is 0.310. The molecule has 9 heteroatoms. The zero-order valence-electron chi connectivity index (χ0n) is 19.9. The van der Waals surface area contributed by atoms with Gasteiger partial charge in [0, 0.05) is 31.4 Å². The minimum Gasteiger partial charge on any atom is -0.423 e. The van der Waals surface area contributed by atoms with Crippen molar-refractivity contribution in [3.63, 3.8) is 0 Å². The number of rotatable bonds is 5. The zero-order chi connectivity index (χ0) is 24.4. The number of benzene rings is 2. The monoisotopic (exact) mass is 478 g/mol. The molecule has 3 N–H and O–H groups in total. The molecule has 2 aromatic rings. The van der Waals surface area contributed by atoms with Gasteiger partial charge in [-0.2, -0.15) is 4.99 Å². The number of urea groups is 1. The van der Waals surface area contributed by atoms with E-state index < -0.39 is 12.7 Å². The van der Waals surface area contributed by atoms with Crippen LogP contribution in [0.15, 0.2) is 53.5 Å². The smallest absolute Gasteiger partial charge is 0.423 e. The number of carbonyl (C=O) groups is 1. The summed E-state index contributed by atoms with van der Waals surface area (Å²) >= 11 is 0. The molecule has 0 radical (unpaired) electrons. The van der Waals surface area contributed by atoms with Crippen LogP contribution in [0.25, 0.3) is 0 Å². The molecule has 1 saturated heterocycles. The third-order valence-corrected chi connectivity index (χ3v) is 7.62. The first-order chi connectivity index (χ1) is 16.9. The van der Waals surface area contributed by atoms with E-state index in [0.29, 0.717) is 36.6 Å². The summed E-state index contributed by atoms with van der Waals surface area (Å²) in [7, 11) is -1.49. The van der Waals surface area contributed by atoms with Gasteiger partial charge >= 0.3 is 13.1 Å². The van der Waals surface area contributed by atoms with Crippen molar-refractivity contribution in [3.05, 3.63) is 59.9 Å². The Bertz CT molecular complexity index is 1100. The third kappa shape index (κ3) is 4.98. The number of piperidine rings is 1. The molecule has 2 heterocycles. The van der Waals surface area contributed by atoms with E-state index in [1.165, 1.54) is 31.4 Å². The first kappa shape index (κ1) is 24.0. The first-order valence-corrected chi connectivity index (χ1v) is 12.6. The van der Waals surface area contributed by atoms with Gasteiger partial charge in [0.1, 0.15) is 17.2 Å². The van der Waals surface area contributed by atoms with Gasteiger partial charge < -0.3 is 15.4 Å². The van der Waals surface area contributed by atoms with E-state index in [9.17, 15) is 19.2 Å². The Hall–Kier alpha value is -2.75. The lowest BCUT2D eigenvalue weighted by atomic mass is 9.79. The second-order valence-electron chi connectivity index (χ2n) is 9.96. The van der Waals surface area contributed by atoms with Gasteiger partial charge in [0.2, 0.25) is 0 Å². The molecule has 7 nitrogen and oxygen atoms in total. The van der Waals surface area contributed by atoms with Crippen molar-refractivity contribution >= 4 is 30.1 Å². The lowest BCUT2D eigenvalue weighted by molar-refractivity contribution is 0.181. The van der Waals surface area contributed by atoms with Crippen LogP contribution in [-0.2, 0) is 6.54 Å². The van der Waals surface area contributed by atoms with Crippen molar-refractivity contribution in [2.24, 2.45) is 4.99 Å². The minimum atomic E-state index is -1.49. The number of aliphatic imine (C=N–C) groups is 1. The van der Waals surface area contributed by atoms with Crippen molar-refractivity contribution in [2.75, 3.05) is 18.0 Å². The highest BCUT2D eigenvalue weighted by molar-refractivity contribution is 6.58. The molecule has 2 amide bonds. The summed E-state index contributed by atoms with van der Waals surface area (Å²) in [6.45, 7) is 2.14. The van der Waals surface area contributed by atoms with Gasteiger partial charge in [-0.25, -0.2) is 9.18 Å². The lowest BCUT2D eigenvalue weighted by Gasteiger charge is -2.45. The van der Waals surface area contributed by atoms with Crippen LogP contribution >= 0.6 is 0 Å². The molecule has 3 aliphatic rings. The van der Waals surface area contributed by atoms with Gasteiger partial charge in [-0.1, -0.05) is 49.6 Å². The molecule has 0 bridgehead atoms. The van der Waals surface area contributed by atoms with Crippen molar-refractivity contribution in [1.82, 2.24) is 10.2 Å². The number of hydrogen-bond acceptors (Lipinski definition) is 5. The maximum Gasteiger partial charge on any atom is 0.488 e. The summed E-state index contributed by atoms with van der Waals surface area (Å²) in [5, 5.41) is 22.6. The van der Waals surface area contributed by atoms with E-state index in [4.69, 9.17) is 0 Å². The molecule has 0 unspecified atom stereocenters. The van der Waals surface area contributed by atoms with Crippen LogP contribution < -0.4 is 15.7 Å². The molecular formula is C26H32BFN4O3. The molecule has 1 spiro atoms. The maximum absolute atomic E-state index is 14.1. The van der Waals surface area contributed by atoms with Gasteiger partial charge in [-0.05, 0) is 54.9 Å². The molecule has 0 aromatic heterocycles. The fourth-order valence-corrected chi connectivity index (χ4v) is 5.77. The number of anilines is 1. The van der Waals surface area contributed by atoms with E-state index in [1.54, 1.807) is 23.1 Å². The second-order valence-corrected chi connectivity index (χ2v) is 9.96. The Morgan fingerprint density at radius 2 is 1.80 bits per heavy atom. The third-order valence-electron chi connectivity index (χ3n) is 7.62. The molecular weight excluding hydrogens is 446 g/mol. The lowest BCUT2D eigenvalue weighted by Crippen LogP contribution is -2.62. The van der Waals surface area contributed by atoms with E-state index >= 15 is 0 Å². The Morgan fingerprint density at radius 1 is 1.06 bits per heavy atom. The van der Waals surface area contributed by atoms with Gasteiger partial charge in [-0.3, -0.25) is 9.80 Å². The standard InChI is InChI=1S/C26H32BFN4O3/c28-21-8-5-11-23(17-21)32-25(33)30-24(29-22-9-2-1-3-10-22)26(32)12-14-31(15-13-26)18-19-6-4-7-20(16-19)27(34)35/h4-8,11,16-17,22,34-35H,1-3,9-10,12-15,18H2,(H,29,30,33). The van der Waals surface area contributed by atoms with Crippen molar-refractivity contribution in [3.8, 4) is 0 Å². The van der Waals surface area contributed by atoms with E-state index in [0.717, 1.165) is 37.3 Å². The van der Waals surface area contributed by atoms with Crippen LogP contribution in [0.4, 0.5) is 14.9 Å². The molecule has 35 heavy (non-hydrogen) atoms. The number of halogens is 1. The highest BCUT2D eigenvalue weighted by atomic mass is 19.1. The number of carbonyl (C=O) groups excluding carboxylic acids is 1.